The van der Waals surface area contributed by atoms with E-state index in [1.807, 2.05) is 0 Å². The van der Waals surface area contributed by atoms with Crippen molar-refractivity contribution in [1.82, 2.24) is 10.2 Å². The number of fused-ring (bicyclic) bond motifs is 1. The second-order valence-electron chi connectivity index (χ2n) is 6.28. The first-order chi connectivity index (χ1) is 13.8. The number of nitrogens with zero attached hydrogens (tertiary/aromatic N) is 1. The quantitative estimate of drug-likeness (QED) is 0.535. The van der Waals surface area contributed by atoms with E-state index in [4.69, 9.17) is 10.5 Å². The number of aromatic nitrogens is 2. The monoisotopic (exact) mass is 394 g/mol. The molecular formula is C20H18N4O5. The Morgan fingerprint density at radius 2 is 1.76 bits per heavy atom. The number of primary amides is 1. The lowest BCUT2D eigenvalue weighted by molar-refractivity contribution is -0.152. The molecule has 4 N–H and O–H groups in total. The van der Waals surface area contributed by atoms with Crippen LogP contribution in [0.1, 0.15) is 23.0 Å². The highest BCUT2D eigenvalue weighted by Crippen LogP contribution is 2.14. The Hall–Kier alpha value is -4.01. The molecule has 2 aromatic carbocycles. The van der Waals surface area contributed by atoms with Gasteiger partial charge in [-0.15, -0.1) is 0 Å². The molecule has 0 aliphatic carbocycles. The molecule has 29 heavy (non-hydrogen) atoms. The molecule has 0 aliphatic heterocycles. The van der Waals surface area contributed by atoms with Gasteiger partial charge in [-0.2, -0.15) is 5.10 Å². The molecule has 0 spiro atoms. The maximum absolute atomic E-state index is 12.2. The molecule has 1 aromatic heterocycles. The number of hydrogen-bond acceptors (Lipinski definition) is 6. The molecule has 2 amide bonds. The summed E-state index contributed by atoms with van der Waals surface area (Å²) in [5.74, 6) is -1.78. The molecule has 0 saturated heterocycles. The molecule has 0 bridgehead atoms. The molecular weight excluding hydrogens is 376 g/mol. The topological polar surface area (TPSA) is 144 Å². The molecule has 0 aliphatic rings. The molecule has 9 heteroatoms. The minimum atomic E-state index is -1.06. The van der Waals surface area contributed by atoms with Crippen LogP contribution in [0.25, 0.3) is 10.8 Å². The normalized spacial score (nSPS) is 11.6. The smallest absolute Gasteiger partial charge is 0.312 e. The van der Waals surface area contributed by atoms with Crippen LogP contribution in [0.2, 0.25) is 0 Å². The summed E-state index contributed by atoms with van der Waals surface area (Å²) < 4.78 is 5.17. The van der Waals surface area contributed by atoms with Gasteiger partial charge in [0.2, 0.25) is 5.91 Å². The van der Waals surface area contributed by atoms with Gasteiger partial charge in [0.05, 0.1) is 17.5 Å². The van der Waals surface area contributed by atoms with Crippen molar-refractivity contribution in [1.29, 1.82) is 0 Å². The Kier molecular flexibility index (Phi) is 5.68. The highest BCUT2D eigenvalue weighted by Gasteiger charge is 2.20. The summed E-state index contributed by atoms with van der Waals surface area (Å²) in [6, 6.07) is 12.7. The fourth-order valence-electron chi connectivity index (χ4n) is 2.70. The molecule has 1 atom stereocenters. The maximum atomic E-state index is 12.2. The maximum Gasteiger partial charge on any atom is 0.312 e. The predicted octanol–water partition coefficient (Wildman–Crippen LogP) is 1.13. The first-order valence-corrected chi connectivity index (χ1v) is 8.71. The Labute approximate surface area is 164 Å². The number of amides is 2. The third-order valence-electron chi connectivity index (χ3n) is 4.20. The summed E-state index contributed by atoms with van der Waals surface area (Å²) in [5, 5.41) is 9.79. The zero-order valence-electron chi connectivity index (χ0n) is 15.5. The number of nitrogens with two attached hydrogens (primary N) is 1. The average Bonchev–Trinajstić information content (AvgIpc) is 2.70. The summed E-state index contributed by atoms with van der Waals surface area (Å²) in [6.07, 6.45) is -1.27. The van der Waals surface area contributed by atoms with Crippen LogP contribution in [0.15, 0.2) is 53.3 Å². The van der Waals surface area contributed by atoms with Gasteiger partial charge >= 0.3 is 5.97 Å². The van der Waals surface area contributed by atoms with Crippen molar-refractivity contribution >= 4 is 34.2 Å². The van der Waals surface area contributed by atoms with Crippen LogP contribution >= 0.6 is 0 Å². The Bertz CT molecular complexity index is 1140. The number of anilines is 1. The number of nitrogens with one attached hydrogen (secondary N) is 2. The largest absolute Gasteiger partial charge is 0.452 e. The number of hydrogen-bond donors (Lipinski definition) is 3. The highest BCUT2D eigenvalue weighted by atomic mass is 16.5. The Balaban J connectivity index is 1.63. The number of esters is 1. The van der Waals surface area contributed by atoms with Crippen molar-refractivity contribution in [3.05, 3.63) is 70.1 Å². The van der Waals surface area contributed by atoms with Crippen molar-refractivity contribution in [3.8, 4) is 0 Å². The third-order valence-corrected chi connectivity index (χ3v) is 4.20. The third kappa shape index (κ3) is 4.64. The van der Waals surface area contributed by atoms with Crippen molar-refractivity contribution in [2.45, 2.75) is 19.4 Å². The zero-order valence-corrected chi connectivity index (χ0v) is 15.5. The molecule has 0 unspecified atom stereocenters. The molecule has 148 valence electrons. The van der Waals surface area contributed by atoms with Crippen molar-refractivity contribution in [2.24, 2.45) is 5.73 Å². The number of H-pyrrole nitrogens is 1. The molecule has 9 nitrogen and oxygen atoms in total. The van der Waals surface area contributed by atoms with Crippen LogP contribution in [0.5, 0.6) is 0 Å². The molecule has 3 aromatic rings. The van der Waals surface area contributed by atoms with E-state index in [-0.39, 0.29) is 12.0 Å². The van der Waals surface area contributed by atoms with Crippen LogP contribution in [-0.2, 0) is 20.7 Å². The van der Waals surface area contributed by atoms with Gasteiger partial charge in [0.15, 0.2) is 6.10 Å². The number of carbonyl (C=O) groups excluding carboxylic acids is 3. The summed E-state index contributed by atoms with van der Waals surface area (Å²) in [5.41, 5.74) is 5.89. The zero-order chi connectivity index (χ0) is 21.0. The van der Waals surface area contributed by atoms with E-state index in [1.54, 1.807) is 24.3 Å². The van der Waals surface area contributed by atoms with Crippen LogP contribution < -0.4 is 16.6 Å². The van der Waals surface area contributed by atoms with E-state index in [1.165, 1.54) is 31.2 Å². The van der Waals surface area contributed by atoms with E-state index in [2.05, 4.69) is 15.5 Å². The van der Waals surface area contributed by atoms with Gasteiger partial charge < -0.3 is 15.8 Å². The SMILES string of the molecule is C[C@@H](OC(=O)Cc1n[nH]c(=O)c2ccccc12)C(=O)Nc1ccc(C(N)=O)cc1. The standard InChI is InChI=1S/C20H18N4O5/c1-11(19(27)22-13-8-6-12(7-9-13)18(21)26)29-17(25)10-16-14-4-2-3-5-15(14)20(28)24-23-16/h2-9,11H,10H2,1H3,(H2,21,26)(H,22,27)(H,24,28)/t11-/m1/s1. The predicted molar refractivity (Wildman–Crippen MR) is 105 cm³/mol. The molecule has 1 heterocycles. The summed E-state index contributed by atoms with van der Waals surface area (Å²) in [7, 11) is 0. The number of benzene rings is 2. The first kappa shape index (κ1) is 19.7. The second kappa shape index (κ2) is 8.34. The van der Waals surface area contributed by atoms with E-state index in [0.29, 0.717) is 27.7 Å². The minimum Gasteiger partial charge on any atom is -0.452 e. The van der Waals surface area contributed by atoms with Crippen molar-refractivity contribution in [3.63, 3.8) is 0 Å². The van der Waals surface area contributed by atoms with Gasteiger partial charge in [0, 0.05) is 16.6 Å². The molecule has 0 radical (unpaired) electrons. The van der Waals surface area contributed by atoms with Gasteiger partial charge in [0.1, 0.15) is 0 Å². The highest BCUT2D eigenvalue weighted by molar-refractivity contribution is 5.97. The minimum absolute atomic E-state index is 0.206. The second-order valence-corrected chi connectivity index (χ2v) is 6.28. The number of aromatic amines is 1. The lowest BCUT2D eigenvalue weighted by Gasteiger charge is -2.14. The van der Waals surface area contributed by atoms with E-state index in [0.717, 1.165) is 0 Å². The Morgan fingerprint density at radius 3 is 2.41 bits per heavy atom. The molecule has 0 saturated carbocycles. The average molecular weight is 394 g/mol. The summed E-state index contributed by atoms with van der Waals surface area (Å²) >= 11 is 0. The summed E-state index contributed by atoms with van der Waals surface area (Å²) in [4.78, 5) is 47.3. The fourth-order valence-corrected chi connectivity index (χ4v) is 2.70. The number of carbonyl (C=O) groups is 3. The first-order valence-electron chi connectivity index (χ1n) is 8.71. The van der Waals surface area contributed by atoms with Crippen LogP contribution in [-0.4, -0.2) is 34.1 Å². The van der Waals surface area contributed by atoms with Gasteiger partial charge in [-0.25, -0.2) is 5.10 Å². The van der Waals surface area contributed by atoms with E-state index in [9.17, 15) is 19.2 Å². The van der Waals surface area contributed by atoms with Gasteiger partial charge in [-0.3, -0.25) is 19.2 Å². The van der Waals surface area contributed by atoms with Crippen LogP contribution in [0, 0.1) is 0 Å². The van der Waals surface area contributed by atoms with Crippen LogP contribution in [0.3, 0.4) is 0 Å². The number of rotatable bonds is 6. The number of ether oxygens (including phenoxy) is 1. The lowest BCUT2D eigenvalue weighted by atomic mass is 10.1. The van der Waals surface area contributed by atoms with Crippen molar-refractivity contribution in [2.75, 3.05) is 5.32 Å². The van der Waals surface area contributed by atoms with Gasteiger partial charge in [-0.05, 0) is 37.3 Å². The van der Waals surface area contributed by atoms with Gasteiger partial charge in [0.25, 0.3) is 11.5 Å². The van der Waals surface area contributed by atoms with Crippen LogP contribution in [0.4, 0.5) is 5.69 Å². The fraction of sp³-hybridized carbons (Fsp3) is 0.150. The Morgan fingerprint density at radius 1 is 1.10 bits per heavy atom. The summed E-state index contributed by atoms with van der Waals surface area (Å²) in [6.45, 7) is 1.43. The van der Waals surface area contributed by atoms with Gasteiger partial charge in [-0.1, -0.05) is 18.2 Å². The van der Waals surface area contributed by atoms with E-state index < -0.39 is 23.9 Å². The van der Waals surface area contributed by atoms with Crippen molar-refractivity contribution < 1.29 is 19.1 Å². The molecule has 0 fully saturated rings. The molecule has 3 rings (SSSR count). The lowest BCUT2D eigenvalue weighted by Crippen LogP contribution is -2.30. The van der Waals surface area contributed by atoms with E-state index >= 15 is 0 Å².